The van der Waals surface area contributed by atoms with Gasteiger partial charge in [0.2, 0.25) is 5.95 Å². The number of ether oxygens (including phenoxy) is 1. The minimum Gasteiger partial charge on any atom is -0.371 e. The molecule has 0 saturated carbocycles. The Kier molecular flexibility index (Phi) is 4.47. The van der Waals surface area contributed by atoms with Gasteiger partial charge in [-0.1, -0.05) is 17.7 Å². The topological polar surface area (TPSA) is 97.1 Å². The zero-order valence-corrected chi connectivity index (χ0v) is 12.5. The second kappa shape index (κ2) is 6.69. The van der Waals surface area contributed by atoms with Crippen molar-refractivity contribution < 1.29 is 4.74 Å². The maximum Gasteiger partial charge on any atom is 0.229 e. The Balaban J connectivity index is 1.80. The maximum atomic E-state index is 5.72. The molecule has 1 aromatic carbocycles. The number of aryl methyl sites for hydroxylation is 1. The predicted octanol–water partition coefficient (Wildman–Crippen LogP) is 1.48. The molecule has 0 radical (unpaired) electrons. The summed E-state index contributed by atoms with van der Waals surface area (Å²) in [4.78, 5) is 8.77. The maximum absolute atomic E-state index is 5.72. The lowest BCUT2D eigenvalue weighted by atomic mass is 10.1. The van der Waals surface area contributed by atoms with E-state index < -0.39 is 0 Å². The van der Waals surface area contributed by atoms with Gasteiger partial charge in [-0.25, -0.2) is 10.8 Å². The third-order valence-corrected chi connectivity index (χ3v) is 3.54. The van der Waals surface area contributed by atoms with Crippen LogP contribution in [0.1, 0.15) is 17.2 Å². The molecule has 1 atom stereocenters. The van der Waals surface area contributed by atoms with E-state index in [0.717, 1.165) is 24.3 Å². The van der Waals surface area contributed by atoms with Gasteiger partial charge in [-0.15, -0.1) is 0 Å². The molecule has 2 heterocycles. The van der Waals surface area contributed by atoms with Gasteiger partial charge in [0.05, 0.1) is 6.61 Å². The monoisotopic (exact) mass is 300 g/mol. The molecule has 0 bridgehead atoms. The molecule has 1 saturated heterocycles. The molecule has 7 heteroatoms. The summed E-state index contributed by atoms with van der Waals surface area (Å²) in [6, 6.07) is 8.02. The first-order chi connectivity index (χ1) is 10.8. The van der Waals surface area contributed by atoms with Crippen LogP contribution in [0.4, 0.5) is 17.5 Å². The number of morpholine rings is 1. The average molecular weight is 300 g/mol. The zero-order valence-electron chi connectivity index (χ0n) is 12.5. The second-order valence-corrected chi connectivity index (χ2v) is 5.20. The van der Waals surface area contributed by atoms with Gasteiger partial charge in [-0.3, -0.25) is 0 Å². The van der Waals surface area contributed by atoms with E-state index in [0.29, 0.717) is 18.4 Å². The van der Waals surface area contributed by atoms with Crippen LogP contribution in [0.25, 0.3) is 0 Å². The number of hydrazine groups is 1. The fourth-order valence-corrected chi connectivity index (χ4v) is 2.33. The number of anilines is 3. The van der Waals surface area contributed by atoms with Crippen LogP contribution in [0.2, 0.25) is 0 Å². The first kappa shape index (κ1) is 14.7. The van der Waals surface area contributed by atoms with E-state index in [9.17, 15) is 0 Å². The Morgan fingerprint density at radius 2 is 2.14 bits per heavy atom. The number of benzene rings is 1. The molecule has 1 aliphatic rings. The largest absolute Gasteiger partial charge is 0.371 e. The highest BCUT2D eigenvalue weighted by molar-refractivity contribution is 5.56. The highest BCUT2D eigenvalue weighted by Crippen LogP contribution is 2.25. The molecule has 2 aromatic rings. The smallest absolute Gasteiger partial charge is 0.229 e. The third kappa shape index (κ3) is 3.33. The van der Waals surface area contributed by atoms with E-state index in [1.165, 1.54) is 5.56 Å². The standard InChI is InChI=1S/C15H20N6O/c1-10-2-4-11(5-3-10)19-15-18-8-12(14(20-15)21-16)13-9-17-6-7-22-13/h2-5,8,13,17H,6-7,9,16H2,1H3,(H2,18,19,20,21). The van der Waals surface area contributed by atoms with Crippen molar-refractivity contribution in [1.82, 2.24) is 15.3 Å². The van der Waals surface area contributed by atoms with Crippen LogP contribution in [0.15, 0.2) is 30.5 Å². The normalized spacial score (nSPS) is 18.0. The van der Waals surface area contributed by atoms with E-state index in [-0.39, 0.29) is 6.10 Å². The van der Waals surface area contributed by atoms with Crippen molar-refractivity contribution in [2.75, 3.05) is 30.4 Å². The van der Waals surface area contributed by atoms with Crippen LogP contribution in [0, 0.1) is 6.92 Å². The number of hydrogen-bond donors (Lipinski definition) is 4. The molecule has 7 nitrogen and oxygen atoms in total. The van der Waals surface area contributed by atoms with E-state index in [4.69, 9.17) is 10.6 Å². The molecule has 1 fully saturated rings. The first-order valence-corrected chi connectivity index (χ1v) is 7.26. The number of nitrogens with one attached hydrogen (secondary N) is 3. The lowest BCUT2D eigenvalue weighted by molar-refractivity contribution is 0.0277. The fourth-order valence-electron chi connectivity index (χ4n) is 2.33. The Hall–Kier alpha value is -2.22. The summed E-state index contributed by atoms with van der Waals surface area (Å²) >= 11 is 0. The summed E-state index contributed by atoms with van der Waals surface area (Å²) in [5.74, 6) is 6.65. The molecule has 1 unspecified atom stereocenters. The van der Waals surface area contributed by atoms with Crippen LogP contribution in [-0.2, 0) is 4.74 Å². The molecule has 0 amide bonds. The highest BCUT2D eigenvalue weighted by atomic mass is 16.5. The Bertz CT molecular complexity index is 624. The number of rotatable bonds is 4. The molecule has 22 heavy (non-hydrogen) atoms. The number of nitrogens with zero attached hydrogens (tertiary/aromatic N) is 2. The van der Waals surface area contributed by atoms with E-state index in [1.54, 1.807) is 6.20 Å². The molecule has 5 N–H and O–H groups in total. The van der Waals surface area contributed by atoms with Crippen LogP contribution >= 0.6 is 0 Å². The summed E-state index contributed by atoms with van der Waals surface area (Å²) < 4.78 is 5.72. The van der Waals surface area contributed by atoms with Gasteiger partial charge in [0, 0.05) is 30.5 Å². The lowest BCUT2D eigenvalue weighted by Gasteiger charge is -2.25. The highest BCUT2D eigenvalue weighted by Gasteiger charge is 2.20. The number of aromatic nitrogens is 2. The van der Waals surface area contributed by atoms with E-state index in [2.05, 4.69) is 26.0 Å². The fraction of sp³-hybridized carbons (Fsp3) is 0.333. The van der Waals surface area contributed by atoms with Crippen molar-refractivity contribution in [3.05, 3.63) is 41.6 Å². The van der Waals surface area contributed by atoms with Gasteiger partial charge in [0.25, 0.3) is 0 Å². The minimum absolute atomic E-state index is 0.0896. The first-order valence-electron chi connectivity index (χ1n) is 7.26. The summed E-state index contributed by atoms with van der Waals surface area (Å²) in [7, 11) is 0. The SMILES string of the molecule is Cc1ccc(Nc2ncc(C3CNCCO3)c(NN)n2)cc1. The van der Waals surface area contributed by atoms with Crippen molar-refractivity contribution >= 4 is 17.5 Å². The van der Waals surface area contributed by atoms with Gasteiger partial charge in [0.15, 0.2) is 5.82 Å². The van der Waals surface area contributed by atoms with Crippen LogP contribution < -0.4 is 21.9 Å². The van der Waals surface area contributed by atoms with Gasteiger partial charge < -0.3 is 20.8 Å². The molecule has 0 spiro atoms. The predicted molar refractivity (Wildman–Crippen MR) is 85.9 cm³/mol. The number of nitrogen functional groups attached to an aromatic ring is 1. The molecule has 3 rings (SSSR count). The van der Waals surface area contributed by atoms with Crippen LogP contribution in [-0.4, -0.2) is 29.7 Å². The second-order valence-electron chi connectivity index (χ2n) is 5.20. The quantitative estimate of drug-likeness (QED) is 0.501. The van der Waals surface area contributed by atoms with Gasteiger partial charge in [-0.05, 0) is 19.1 Å². The van der Waals surface area contributed by atoms with Gasteiger partial charge in [-0.2, -0.15) is 4.98 Å². The number of nitrogens with two attached hydrogens (primary N) is 1. The van der Waals surface area contributed by atoms with Crippen LogP contribution in [0.3, 0.4) is 0 Å². The molecule has 1 aromatic heterocycles. The van der Waals surface area contributed by atoms with Crippen molar-refractivity contribution in [3.63, 3.8) is 0 Å². The Morgan fingerprint density at radius 1 is 1.32 bits per heavy atom. The molecule has 0 aliphatic carbocycles. The molecular weight excluding hydrogens is 280 g/mol. The zero-order chi connectivity index (χ0) is 15.4. The van der Waals surface area contributed by atoms with Crippen LogP contribution in [0.5, 0.6) is 0 Å². The molecule has 116 valence electrons. The summed E-state index contributed by atoms with van der Waals surface area (Å²) in [6.07, 6.45) is 1.66. The number of hydrogen-bond acceptors (Lipinski definition) is 7. The Labute approximate surface area is 129 Å². The third-order valence-electron chi connectivity index (χ3n) is 3.54. The summed E-state index contributed by atoms with van der Waals surface area (Å²) in [5, 5.41) is 6.44. The molecular formula is C15H20N6O. The lowest BCUT2D eigenvalue weighted by Crippen LogP contribution is -2.34. The van der Waals surface area contributed by atoms with Crippen molar-refractivity contribution in [1.29, 1.82) is 0 Å². The van der Waals surface area contributed by atoms with Gasteiger partial charge in [0.1, 0.15) is 6.10 Å². The van der Waals surface area contributed by atoms with Gasteiger partial charge >= 0.3 is 0 Å². The van der Waals surface area contributed by atoms with E-state index >= 15 is 0 Å². The minimum atomic E-state index is -0.0896. The summed E-state index contributed by atoms with van der Waals surface area (Å²) in [5.41, 5.74) is 5.61. The van der Waals surface area contributed by atoms with Crippen molar-refractivity contribution in [3.8, 4) is 0 Å². The molecule has 1 aliphatic heterocycles. The van der Waals surface area contributed by atoms with Crippen molar-refractivity contribution in [2.24, 2.45) is 5.84 Å². The summed E-state index contributed by atoms with van der Waals surface area (Å²) in [6.45, 7) is 4.29. The van der Waals surface area contributed by atoms with Crippen molar-refractivity contribution in [2.45, 2.75) is 13.0 Å². The Morgan fingerprint density at radius 3 is 2.82 bits per heavy atom. The average Bonchev–Trinajstić information content (AvgIpc) is 2.57. The van der Waals surface area contributed by atoms with E-state index in [1.807, 2.05) is 31.2 Å².